The normalized spacial score (nSPS) is 13.9. The van der Waals surface area contributed by atoms with Crippen LogP contribution in [0.2, 0.25) is 0 Å². The van der Waals surface area contributed by atoms with E-state index >= 15 is 0 Å². The van der Waals surface area contributed by atoms with E-state index in [1.54, 1.807) is 0 Å². The van der Waals surface area contributed by atoms with Crippen molar-refractivity contribution in [3.8, 4) is 0 Å². The average molecular weight is 219 g/mol. The van der Waals surface area contributed by atoms with E-state index in [2.05, 4.69) is 62.4 Å². The number of benzene rings is 1. The molecule has 1 unspecified atom stereocenters. The van der Waals surface area contributed by atoms with Gasteiger partial charge in [-0.1, -0.05) is 52.0 Å². The van der Waals surface area contributed by atoms with Crippen molar-refractivity contribution >= 4 is 10.5 Å². The van der Waals surface area contributed by atoms with Crippen molar-refractivity contribution in [2.45, 2.75) is 45.6 Å². The maximum atomic E-state index is 5.33. The van der Waals surface area contributed by atoms with Crippen molar-refractivity contribution in [1.29, 1.82) is 0 Å². The molecule has 0 spiro atoms. The zero-order chi connectivity index (χ0) is 11.5. The van der Waals surface area contributed by atoms with E-state index in [1.165, 1.54) is 11.1 Å². The van der Waals surface area contributed by atoms with Crippen molar-refractivity contribution in [1.82, 2.24) is 0 Å². The predicted molar refractivity (Wildman–Crippen MR) is 65.0 cm³/mol. The molecule has 3 radical (unpaired) electrons. The third kappa shape index (κ3) is 2.92. The molecule has 0 amide bonds. The maximum absolute atomic E-state index is 5.33. The fraction of sp³-hybridized carbons (Fsp3) is 0.538. The Hall–Kier alpha value is -0.603. The Labute approximate surface area is 96.4 Å². The molecule has 0 saturated carbocycles. The van der Waals surface area contributed by atoms with E-state index in [0.717, 1.165) is 6.42 Å². The van der Waals surface area contributed by atoms with Crippen LogP contribution in [0.1, 0.15) is 51.3 Å². The summed E-state index contributed by atoms with van der Waals surface area (Å²) in [6.45, 7) is 8.81. The fourth-order valence-corrected chi connectivity index (χ4v) is 2.12. The molecule has 0 heterocycles. The van der Waals surface area contributed by atoms with Gasteiger partial charge < -0.3 is 4.43 Å². The molecule has 0 fully saturated rings. The third-order valence-corrected chi connectivity index (χ3v) is 2.91. The van der Waals surface area contributed by atoms with Crippen LogP contribution in [0.15, 0.2) is 24.3 Å². The summed E-state index contributed by atoms with van der Waals surface area (Å²) in [5, 5.41) is 0. The standard InChI is InChI=1S/C13H19OSi/c1-5-12(14-15)10-8-6-7-9-11(10)13(2,3)4/h6-9,12H,5H2,1-4H3. The summed E-state index contributed by atoms with van der Waals surface area (Å²) in [6, 6.07) is 8.49. The zero-order valence-electron chi connectivity index (χ0n) is 10.0. The van der Waals surface area contributed by atoms with Crippen LogP contribution in [0.4, 0.5) is 0 Å². The minimum absolute atomic E-state index is 0.136. The molecule has 15 heavy (non-hydrogen) atoms. The van der Waals surface area contributed by atoms with Crippen LogP contribution in [0, 0.1) is 0 Å². The Bertz CT molecular complexity index is 311. The van der Waals surface area contributed by atoms with Gasteiger partial charge in [0.2, 0.25) is 10.5 Å². The van der Waals surface area contributed by atoms with Crippen LogP contribution in [-0.4, -0.2) is 10.5 Å². The summed E-state index contributed by atoms with van der Waals surface area (Å²) < 4.78 is 5.33. The molecule has 1 aromatic carbocycles. The number of hydrogen-bond donors (Lipinski definition) is 0. The summed E-state index contributed by atoms with van der Waals surface area (Å²) in [7, 11) is 3.16. The van der Waals surface area contributed by atoms with Gasteiger partial charge in [-0.25, -0.2) is 0 Å². The highest BCUT2D eigenvalue weighted by Crippen LogP contribution is 2.31. The molecule has 0 bridgehead atoms. The van der Waals surface area contributed by atoms with E-state index in [-0.39, 0.29) is 11.5 Å². The highest BCUT2D eigenvalue weighted by atomic mass is 28.2. The lowest BCUT2D eigenvalue weighted by atomic mass is 9.82. The van der Waals surface area contributed by atoms with Gasteiger partial charge in [0.1, 0.15) is 0 Å². The predicted octanol–water partition coefficient (Wildman–Crippen LogP) is 3.54. The van der Waals surface area contributed by atoms with Crippen molar-refractivity contribution < 1.29 is 4.43 Å². The van der Waals surface area contributed by atoms with Crippen LogP contribution in [-0.2, 0) is 9.84 Å². The highest BCUT2D eigenvalue weighted by molar-refractivity contribution is 5.98. The minimum Gasteiger partial charge on any atom is -0.412 e. The zero-order valence-corrected chi connectivity index (χ0v) is 11.0. The first-order valence-electron chi connectivity index (χ1n) is 5.42. The van der Waals surface area contributed by atoms with Gasteiger partial charge in [-0.2, -0.15) is 0 Å². The molecule has 0 aliphatic rings. The topological polar surface area (TPSA) is 9.23 Å². The van der Waals surface area contributed by atoms with Crippen molar-refractivity contribution in [3.63, 3.8) is 0 Å². The summed E-state index contributed by atoms with van der Waals surface area (Å²) >= 11 is 0. The van der Waals surface area contributed by atoms with Crippen molar-refractivity contribution in [2.24, 2.45) is 0 Å². The van der Waals surface area contributed by atoms with Gasteiger partial charge in [0, 0.05) is 0 Å². The Morgan fingerprint density at radius 2 is 1.87 bits per heavy atom. The van der Waals surface area contributed by atoms with Crippen LogP contribution in [0.25, 0.3) is 0 Å². The molecule has 0 aliphatic carbocycles. The second kappa shape index (κ2) is 4.95. The van der Waals surface area contributed by atoms with E-state index < -0.39 is 0 Å². The quantitative estimate of drug-likeness (QED) is 0.707. The van der Waals surface area contributed by atoms with Crippen LogP contribution < -0.4 is 0 Å². The molecular formula is C13H19OSi. The molecule has 1 aromatic rings. The van der Waals surface area contributed by atoms with Crippen molar-refractivity contribution in [2.75, 3.05) is 0 Å². The monoisotopic (exact) mass is 219 g/mol. The molecule has 0 saturated heterocycles. The van der Waals surface area contributed by atoms with Crippen molar-refractivity contribution in [3.05, 3.63) is 35.4 Å². The number of rotatable bonds is 3. The third-order valence-electron chi connectivity index (χ3n) is 2.63. The Balaban J connectivity index is 3.17. The number of hydrogen-bond acceptors (Lipinski definition) is 1. The second-order valence-electron chi connectivity index (χ2n) is 4.85. The van der Waals surface area contributed by atoms with Gasteiger partial charge in [0.25, 0.3) is 0 Å². The molecule has 0 N–H and O–H groups in total. The SMILES string of the molecule is CCC(O[Si])c1ccccc1C(C)(C)C. The van der Waals surface area contributed by atoms with E-state index in [9.17, 15) is 0 Å². The first kappa shape index (κ1) is 12.5. The fourth-order valence-electron chi connectivity index (χ4n) is 1.83. The molecule has 1 atom stereocenters. The summed E-state index contributed by atoms with van der Waals surface area (Å²) in [5.41, 5.74) is 2.80. The van der Waals surface area contributed by atoms with Crippen LogP contribution in [0.5, 0.6) is 0 Å². The second-order valence-corrected chi connectivity index (χ2v) is 5.09. The van der Waals surface area contributed by atoms with Gasteiger partial charge in [0.15, 0.2) is 0 Å². The van der Waals surface area contributed by atoms with Gasteiger partial charge in [-0.05, 0) is 23.0 Å². The van der Waals surface area contributed by atoms with Gasteiger partial charge in [-0.15, -0.1) is 0 Å². The van der Waals surface area contributed by atoms with Crippen LogP contribution >= 0.6 is 0 Å². The molecule has 1 nitrogen and oxygen atoms in total. The maximum Gasteiger partial charge on any atom is 0.247 e. The first-order valence-corrected chi connectivity index (χ1v) is 5.83. The summed E-state index contributed by atoms with van der Waals surface area (Å²) in [6.07, 6.45) is 1.11. The summed E-state index contributed by atoms with van der Waals surface area (Å²) in [5.74, 6) is 0. The van der Waals surface area contributed by atoms with E-state index in [4.69, 9.17) is 4.43 Å². The molecule has 1 rings (SSSR count). The average Bonchev–Trinajstić information content (AvgIpc) is 2.19. The Morgan fingerprint density at radius 1 is 1.27 bits per heavy atom. The van der Waals surface area contributed by atoms with E-state index in [1.807, 2.05) is 0 Å². The molecule has 2 heteroatoms. The van der Waals surface area contributed by atoms with Gasteiger partial charge >= 0.3 is 0 Å². The van der Waals surface area contributed by atoms with Gasteiger partial charge in [-0.3, -0.25) is 0 Å². The van der Waals surface area contributed by atoms with Gasteiger partial charge in [0.05, 0.1) is 6.10 Å². The highest BCUT2D eigenvalue weighted by Gasteiger charge is 2.21. The largest absolute Gasteiger partial charge is 0.412 e. The molecule has 0 aliphatic heterocycles. The molecule has 81 valence electrons. The van der Waals surface area contributed by atoms with Crippen LogP contribution in [0.3, 0.4) is 0 Å². The first-order chi connectivity index (χ1) is 7.00. The molecule has 0 aromatic heterocycles. The minimum atomic E-state index is 0.136. The molecular weight excluding hydrogens is 200 g/mol. The Morgan fingerprint density at radius 3 is 2.33 bits per heavy atom. The lowest BCUT2D eigenvalue weighted by Crippen LogP contribution is -2.16. The lowest BCUT2D eigenvalue weighted by molar-refractivity contribution is 0.219. The smallest absolute Gasteiger partial charge is 0.247 e. The Kier molecular flexibility index (Phi) is 4.11. The summed E-state index contributed by atoms with van der Waals surface area (Å²) in [4.78, 5) is 0. The lowest BCUT2D eigenvalue weighted by Gasteiger charge is -2.26. The van der Waals surface area contributed by atoms with E-state index in [0.29, 0.717) is 0 Å².